The van der Waals surface area contributed by atoms with Crippen molar-refractivity contribution in [3.8, 4) is 16.3 Å². The highest BCUT2D eigenvalue weighted by Gasteiger charge is 2.30. The fraction of sp³-hybridized carbons (Fsp3) is 0.471. The van der Waals surface area contributed by atoms with Crippen LogP contribution < -0.4 is 5.32 Å². The minimum absolute atomic E-state index is 0.107. The first-order chi connectivity index (χ1) is 9.92. The Balaban J connectivity index is 1.89. The van der Waals surface area contributed by atoms with Crippen molar-refractivity contribution in [3.63, 3.8) is 0 Å². The van der Waals surface area contributed by atoms with Crippen LogP contribution in [0.3, 0.4) is 0 Å². The van der Waals surface area contributed by atoms with Gasteiger partial charge in [-0.2, -0.15) is 0 Å². The highest BCUT2D eigenvalue weighted by Crippen LogP contribution is 2.44. The Morgan fingerprint density at radius 2 is 2.10 bits per heavy atom. The van der Waals surface area contributed by atoms with Gasteiger partial charge in [-0.05, 0) is 45.7 Å². The molecule has 0 radical (unpaired) electrons. The Hall–Kier alpha value is -1.39. The van der Waals surface area contributed by atoms with Crippen LogP contribution in [0.15, 0.2) is 24.3 Å². The predicted octanol–water partition coefficient (Wildman–Crippen LogP) is 4.28. The molecule has 2 N–H and O–H groups in total. The van der Waals surface area contributed by atoms with Crippen molar-refractivity contribution in [2.45, 2.75) is 51.6 Å². The SMILES string of the molecule is CC(C)(C)NCc1sc(-c2cccc(O)c2)nc1C1CC1. The second-order valence-corrected chi connectivity index (χ2v) is 7.84. The van der Waals surface area contributed by atoms with Crippen LogP contribution in [0.2, 0.25) is 0 Å². The average molecular weight is 302 g/mol. The summed E-state index contributed by atoms with van der Waals surface area (Å²) in [4.78, 5) is 6.19. The van der Waals surface area contributed by atoms with Gasteiger partial charge < -0.3 is 10.4 Å². The molecule has 3 nitrogen and oxygen atoms in total. The van der Waals surface area contributed by atoms with Crippen LogP contribution in [0.25, 0.3) is 10.6 Å². The lowest BCUT2D eigenvalue weighted by Gasteiger charge is -2.20. The van der Waals surface area contributed by atoms with Crippen LogP contribution in [-0.4, -0.2) is 15.6 Å². The number of rotatable bonds is 4. The van der Waals surface area contributed by atoms with E-state index < -0.39 is 0 Å². The van der Waals surface area contributed by atoms with Crippen molar-refractivity contribution < 1.29 is 5.11 Å². The Kier molecular flexibility index (Phi) is 3.76. The second kappa shape index (κ2) is 5.43. The van der Waals surface area contributed by atoms with Gasteiger partial charge in [0.25, 0.3) is 0 Å². The van der Waals surface area contributed by atoms with Gasteiger partial charge in [-0.3, -0.25) is 0 Å². The maximum absolute atomic E-state index is 9.65. The quantitative estimate of drug-likeness (QED) is 0.886. The standard InChI is InChI=1S/C17H22N2OS/c1-17(2,3)18-10-14-15(11-7-8-11)19-16(21-14)12-5-4-6-13(20)9-12/h4-6,9,11,18,20H,7-8,10H2,1-3H3. The molecular formula is C17H22N2OS. The molecule has 1 aliphatic carbocycles. The highest BCUT2D eigenvalue weighted by atomic mass is 32.1. The molecule has 0 atom stereocenters. The van der Waals surface area contributed by atoms with E-state index in [1.54, 1.807) is 23.5 Å². The molecule has 1 heterocycles. The third-order valence-electron chi connectivity index (χ3n) is 3.56. The Morgan fingerprint density at radius 1 is 1.33 bits per heavy atom. The topological polar surface area (TPSA) is 45.1 Å². The molecule has 0 saturated heterocycles. The van der Waals surface area contributed by atoms with E-state index in [0.717, 1.165) is 17.1 Å². The first-order valence-corrected chi connectivity index (χ1v) is 8.28. The molecule has 1 aromatic carbocycles. The molecule has 0 amide bonds. The number of thiazole rings is 1. The molecule has 1 aromatic heterocycles. The summed E-state index contributed by atoms with van der Waals surface area (Å²) in [6, 6.07) is 7.36. The minimum atomic E-state index is 0.107. The number of nitrogens with one attached hydrogen (secondary N) is 1. The van der Waals surface area contributed by atoms with Crippen molar-refractivity contribution in [2.75, 3.05) is 0 Å². The number of aromatic nitrogens is 1. The Morgan fingerprint density at radius 3 is 2.71 bits per heavy atom. The molecule has 0 spiro atoms. The second-order valence-electron chi connectivity index (χ2n) is 6.76. The van der Waals surface area contributed by atoms with Gasteiger partial charge in [0.15, 0.2) is 0 Å². The van der Waals surface area contributed by atoms with Gasteiger partial charge in [0.1, 0.15) is 10.8 Å². The van der Waals surface area contributed by atoms with Crippen molar-refractivity contribution in [1.82, 2.24) is 10.3 Å². The molecule has 0 aliphatic heterocycles. The zero-order valence-corrected chi connectivity index (χ0v) is 13.6. The highest BCUT2D eigenvalue weighted by molar-refractivity contribution is 7.15. The summed E-state index contributed by atoms with van der Waals surface area (Å²) in [6.07, 6.45) is 2.51. The van der Waals surface area contributed by atoms with Gasteiger partial charge in [-0.25, -0.2) is 4.98 Å². The van der Waals surface area contributed by atoms with Gasteiger partial charge >= 0.3 is 0 Å². The van der Waals surface area contributed by atoms with E-state index in [-0.39, 0.29) is 5.54 Å². The van der Waals surface area contributed by atoms with Crippen LogP contribution in [0.5, 0.6) is 5.75 Å². The van der Waals surface area contributed by atoms with Gasteiger partial charge in [-0.1, -0.05) is 12.1 Å². The third-order valence-corrected chi connectivity index (χ3v) is 4.68. The summed E-state index contributed by atoms with van der Waals surface area (Å²) in [5, 5.41) is 14.2. The molecule has 1 saturated carbocycles. The van der Waals surface area contributed by atoms with Gasteiger partial charge in [0, 0.05) is 28.4 Å². The summed E-state index contributed by atoms with van der Waals surface area (Å²) in [5.41, 5.74) is 2.37. The zero-order valence-electron chi connectivity index (χ0n) is 12.8. The number of phenolic OH excluding ortho intramolecular Hbond substituents is 1. The molecule has 0 bridgehead atoms. The number of hydrogen-bond donors (Lipinski definition) is 2. The van der Waals surface area contributed by atoms with Gasteiger partial charge in [0.2, 0.25) is 0 Å². The van der Waals surface area contributed by atoms with E-state index >= 15 is 0 Å². The molecule has 4 heteroatoms. The number of nitrogens with zero attached hydrogens (tertiary/aromatic N) is 1. The van der Waals surface area contributed by atoms with E-state index in [2.05, 4.69) is 26.1 Å². The van der Waals surface area contributed by atoms with Crippen LogP contribution in [-0.2, 0) is 6.54 Å². The number of hydrogen-bond acceptors (Lipinski definition) is 4. The van der Waals surface area contributed by atoms with Crippen molar-refractivity contribution in [1.29, 1.82) is 0 Å². The van der Waals surface area contributed by atoms with E-state index in [9.17, 15) is 5.11 Å². The van der Waals surface area contributed by atoms with Crippen molar-refractivity contribution in [2.24, 2.45) is 0 Å². The first-order valence-electron chi connectivity index (χ1n) is 7.46. The lowest BCUT2D eigenvalue weighted by Crippen LogP contribution is -2.35. The summed E-state index contributed by atoms with van der Waals surface area (Å²) < 4.78 is 0. The van der Waals surface area contributed by atoms with Crippen molar-refractivity contribution in [3.05, 3.63) is 34.8 Å². The van der Waals surface area contributed by atoms with E-state index in [1.807, 2.05) is 12.1 Å². The zero-order chi connectivity index (χ0) is 15.0. The summed E-state index contributed by atoms with van der Waals surface area (Å²) in [6.45, 7) is 7.41. The maximum Gasteiger partial charge on any atom is 0.124 e. The van der Waals surface area contributed by atoms with Crippen LogP contribution in [0.4, 0.5) is 0 Å². The number of aromatic hydroxyl groups is 1. The van der Waals surface area contributed by atoms with Crippen molar-refractivity contribution >= 4 is 11.3 Å². The van der Waals surface area contributed by atoms with E-state index in [0.29, 0.717) is 11.7 Å². The van der Waals surface area contributed by atoms with E-state index in [4.69, 9.17) is 4.98 Å². The first kappa shape index (κ1) is 14.5. The van der Waals surface area contributed by atoms with Gasteiger partial charge in [-0.15, -0.1) is 11.3 Å². The van der Waals surface area contributed by atoms with Gasteiger partial charge in [0.05, 0.1) is 5.69 Å². The summed E-state index contributed by atoms with van der Waals surface area (Å²) in [5.74, 6) is 0.939. The maximum atomic E-state index is 9.65. The molecule has 3 rings (SSSR count). The van der Waals surface area contributed by atoms with Crippen LogP contribution in [0.1, 0.15) is 50.1 Å². The largest absolute Gasteiger partial charge is 0.508 e. The molecule has 1 aliphatic rings. The fourth-order valence-corrected chi connectivity index (χ4v) is 3.36. The summed E-state index contributed by atoms with van der Waals surface area (Å²) in [7, 11) is 0. The molecule has 21 heavy (non-hydrogen) atoms. The Bertz CT molecular complexity index is 638. The monoisotopic (exact) mass is 302 g/mol. The average Bonchev–Trinajstić information content (AvgIpc) is 3.15. The smallest absolute Gasteiger partial charge is 0.124 e. The predicted molar refractivity (Wildman–Crippen MR) is 87.8 cm³/mol. The van der Waals surface area contributed by atoms with Crippen LogP contribution in [0, 0.1) is 0 Å². The third kappa shape index (κ3) is 3.63. The van der Waals surface area contributed by atoms with E-state index in [1.165, 1.54) is 23.4 Å². The Labute approximate surface area is 130 Å². The summed E-state index contributed by atoms with van der Waals surface area (Å²) >= 11 is 1.75. The number of phenols is 1. The molecular weight excluding hydrogens is 280 g/mol. The lowest BCUT2D eigenvalue weighted by atomic mass is 10.1. The number of benzene rings is 1. The normalized spacial score (nSPS) is 15.4. The molecule has 1 fully saturated rings. The van der Waals surface area contributed by atoms with Crippen LogP contribution >= 0.6 is 11.3 Å². The lowest BCUT2D eigenvalue weighted by molar-refractivity contribution is 0.425. The fourth-order valence-electron chi connectivity index (χ4n) is 2.27. The minimum Gasteiger partial charge on any atom is -0.508 e. The molecule has 0 unspecified atom stereocenters. The molecule has 2 aromatic rings. The molecule has 112 valence electrons.